The Morgan fingerprint density at radius 1 is 1.31 bits per heavy atom. The molecule has 1 fully saturated rings. The Morgan fingerprint density at radius 2 is 2.00 bits per heavy atom. The number of nitrogens with zero attached hydrogens (tertiary/aromatic N) is 2. The van der Waals surface area contributed by atoms with Crippen LogP contribution in [0, 0.1) is 0 Å². The summed E-state index contributed by atoms with van der Waals surface area (Å²) in [7, 11) is 0. The van der Waals surface area contributed by atoms with Crippen molar-refractivity contribution in [2.45, 2.75) is 0 Å². The largest absolute Gasteiger partial charge is 0.425 e. The van der Waals surface area contributed by atoms with E-state index in [-0.39, 0.29) is 5.91 Å². The highest BCUT2D eigenvalue weighted by molar-refractivity contribution is 5.93. The summed E-state index contributed by atoms with van der Waals surface area (Å²) in [6, 6.07) is 2.61. The zero-order valence-electron chi connectivity index (χ0n) is 8.72. The van der Waals surface area contributed by atoms with Gasteiger partial charge in [0.1, 0.15) is 0 Å². The minimum absolute atomic E-state index is 0.163. The third-order valence-corrected chi connectivity index (χ3v) is 2.54. The molecule has 0 saturated carbocycles. The van der Waals surface area contributed by atoms with E-state index in [1.54, 1.807) is 4.90 Å². The fraction of sp³-hybridized carbons (Fsp3) is 0.400. The van der Waals surface area contributed by atoms with Gasteiger partial charge in [0, 0.05) is 32.2 Å². The molecule has 1 saturated heterocycles. The molecule has 0 bridgehead atoms. The summed E-state index contributed by atoms with van der Waals surface area (Å²) in [4.78, 5) is 24.6. The third kappa shape index (κ3) is 2.06. The van der Waals surface area contributed by atoms with Gasteiger partial charge in [-0.15, -0.1) is 0 Å². The van der Waals surface area contributed by atoms with Gasteiger partial charge in [-0.25, -0.2) is 0 Å². The van der Waals surface area contributed by atoms with Gasteiger partial charge in [-0.1, -0.05) is 0 Å². The summed E-state index contributed by atoms with van der Waals surface area (Å²) >= 11 is 0. The fourth-order valence-electron chi connectivity index (χ4n) is 1.65. The smallest absolute Gasteiger partial charge is 0.282 e. The van der Waals surface area contributed by atoms with E-state index in [9.17, 15) is 9.59 Å². The zero-order chi connectivity index (χ0) is 11.5. The lowest BCUT2D eigenvalue weighted by atomic mass is 10.2. The molecule has 1 aromatic rings. The Bertz CT molecular complexity index is 449. The summed E-state index contributed by atoms with van der Waals surface area (Å²) in [6.07, 6.45) is 1.15. The number of pyridine rings is 1. The van der Waals surface area contributed by atoms with Gasteiger partial charge in [0.05, 0.1) is 11.8 Å². The van der Waals surface area contributed by atoms with E-state index in [1.807, 2.05) is 0 Å². The molecule has 0 unspecified atom stereocenters. The Labute approximate surface area is 92.1 Å². The van der Waals surface area contributed by atoms with Gasteiger partial charge in [-0.05, 0) is 6.07 Å². The number of hydrogen-bond acceptors (Lipinski definition) is 4. The molecule has 0 aromatic carbocycles. The lowest BCUT2D eigenvalue weighted by molar-refractivity contribution is 0.0730. The first kappa shape index (κ1) is 10.7. The molecule has 1 aliphatic rings. The quantitative estimate of drug-likeness (QED) is 0.607. The minimum atomic E-state index is -0.545. The number of carbonyl (C=O) groups excluding carboxylic acids is 1. The molecule has 6 nitrogen and oxygen atoms in total. The Hall–Kier alpha value is -1.82. The maximum absolute atomic E-state index is 11.9. The van der Waals surface area contributed by atoms with Crippen molar-refractivity contribution in [3.63, 3.8) is 0 Å². The number of nitrogens with one attached hydrogen (secondary N) is 1. The number of aromatic nitrogens is 1. The first-order chi connectivity index (χ1) is 7.68. The number of hydrogen-bond donors (Lipinski definition) is 2. The maximum Gasteiger partial charge on any atom is 0.282 e. The number of carbonyl (C=O) groups is 1. The first-order valence-corrected chi connectivity index (χ1v) is 5.10. The fourth-order valence-corrected chi connectivity index (χ4v) is 1.65. The lowest BCUT2D eigenvalue weighted by Gasteiger charge is -2.27. The zero-order valence-corrected chi connectivity index (χ0v) is 8.72. The molecule has 86 valence electrons. The summed E-state index contributed by atoms with van der Waals surface area (Å²) in [5, 5.41) is 12.3. The molecule has 1 aromatic heterocycles. The Balaban J connectivity index is 2.19. The van der Waals surface area contributed by atoms with Crippen LogP contribution in [0.3, 0.4) is 0 Å². The Kier molecular flexibility index (Phi) is 2.91. The molecule has 0 atom stereocenters. The van der Waals surface area contributed by atoms with Gasteiger partial charge in [0.25, 0.3) is 11.5 Å². The van der Waals surface area contributed by atoms with E-state index in [1.165, 1.54) is 12.1 Å². The maximum atomic E-state index is 11.9. The number of amides is 1. The van der Waals surface area contributed by atoms with Crippen LogP contribution in [-0.2, 0) is 0 Å². The molecular weight excluding hydrogens is 210 g/mol. The number of piperazine rings is 1. The van der Waals surface area contributed by atoms with Gasteiger partial charge in [-0.3, -0.25) is 9.59 Å². The van der Waals surface area contributed by atoms with Crippen LogP contribution in [0.1, 0.15) is 10.4 Å². The van der Waals surface area contributed by atoms with Crippen LogP contribution in [0.2, 0.25) is 0 Å². The van der Waals surface area contributed by atoms with Crippen molar-refractivity contribution < 1.29 is 10.0 Å². The standard InChI is InChI=1S/C10H13N3O3/c14-9-2-1-8(7-13(9)16)10(15)12-5-3-11-4-6-12/h1-2,7,11,16H,3-6H2. The van der Waals surface area contributed by atoms with Crippen LogP contribution >= 0.6 is 0 Å². The van der Waals surface area contributed by atoms with E-state index in [2.05, 4.69) is 5.32 Å². The average Bonchev–Trinajstić information content (AvgIpc) is 2.33. The molecule has 2 N–H and O–H groups in total. The van der Waals surface area contributed by atoms with Crippen LogP contribution in [-0.4, -0.2) is 46.9 Å². The second kappa shape index (κ2) is 4.36. The van der Waals surface area contributed by atoms with Crippen LogP contribution in [0.25, 0.3) is 0 Å². The highest BCUT2D eigenvalue weighted by Crippen LogP contribution is 2.03. The van der Waals surface area contributed by atoms with Crippen molar-refractivity contribution in [1.82, 2.24) is 14.9 Å². The van der Waals surface area contributed by atoms with Crippen molar-refractivity contribution in [1.29, 1.82) is 0 Å². The molecule has 6 heteroatoms. The predicted octanol–water partition coefficient (Wildman–Crippen LogP) is -0.869. The van der Waals surface area contributed by atoms with Crippen molar-refractivity contribution >= 4 is 5.91 Å². The second-order valence-corrected chi connectivity index (χ2v) is 3.64. The van der Waals surface area contributed by atoms with E-state index in [0.29, 0.717) is 23.4 Å². The van der Waals surface area contributed by atoms with Crippen LogP contribution < -0.4 is 10.9 Å². The van der Waals surface area contributed by atoms with Gasteiger partial charge in [0.2, 0.25) is 0 Å². The highest BCUT2D eigenvalue weighted by Gasteiger charge is 2.18. The van der Waals surface area contributed by atoms with Crippen LogP contribution in [0.4, 0.5) is 0 Å². The van der Waals surface area contributed by atoms with Crippen molar-refractivity contribution in [3.05, 3.63) is 34.2 Å². The molecule has 0 radical (unpaired) electrons. The van der Waals surface area contributed by atoms with Crippen LogP contribution in [0.5, 0.6) is 0 Å². The predicted molar refractivity (Wildman–Crippen MR) is 56.7 cm³/mol. The van der Waals surface area contributed by atoms with E-state index < -0.39 is 5.56 Å². The van der Waals surface area contributed by atoms with E-state index in [4.69, 9.17) is 5.21 Å². The molecule has 0 spiro atoms. The number of rotatable bonds is 1. The molecule has 2 heterocycles. The molecule has 0 aliphatic carbocycles. The van der Waals surface area contributed by atoms with E-state index in [0.717, 1.165) is 19.3 Å². The van der Waals surface area contributed by atoms with Gasteiger partial charge in [0.15, 0.2) is 0 Å². The summed E-state index contributed by atoms with van der Waals surface area (Å²) in [6.45, 7) is 2.82. The minimum Gasteiger partial charge on any atom is -0.425 e. The van der Waals surface area contributed by atoms with Crippen LogP contribution in [0.15, 0.2) is 23.1 Å². The first-order valence-electron chi connectivity index (χ1n) is 5.10. The van der Waals surface area contributed by atoms with Gasteiger partial charge >= 0.3 is 0 Å². The summed E-state index contributed by atoms with van der Waals surface area (Å²) in [5.74, 6) is -0.163. The monoisotopic (exact) mass is 223 g/mol. The van der Waals surface area contributed by atoms with Crippen molar-refractivity contribution in [2.75, 3.05) is 26.2 Å². The van der Waals surface area contributed by atoms with Crippen molar-refractivity contribution in [2.24, 2.45) is 0 Å². The molecular formula is C10H13N3O3. The Morgan fingerprint density at radius 3 is 2.62 bits per heavy atom. The van der Waals surface area contributed by atoms with E-state index >= 15 is 0 Å². The molecule has 2 rings (SSSR count). The second-order valence-electron chi connectivity index (χ2n) is 3.64. The lowest BCUT2D eigenvalue weighted by Crippen LogP contribution is -2.46. The normalized spacial score (nSPS) is 16.1. The van der Waals surface area contributed by atoms with Gasteiger partial charge < -0.3 is 15.4 Å². The highest BCUT2D eigenvalue weighted by atomic mass is 16.5. The molecule has 16 heavy (non-hydrogen) atoms. The summed E-state index contributed by atoms with van der Waals surface area (Å²) in [5.41, 5.74) is -0.221. The van der Waals surface area contributed by atoms with Gasteiger partial charge in [-0.2, -0.15) is 4.73 Å². The van der Waals surface area contributed by atoms with Crippen molar-refractivity contribution in [3.8, 4) is 0 Å². The molecule has 1 aliphatic heterocycles. The molecule has 1 amide bonds. The summed E-state index contributed by atoms with van der Waals surface area (Å²) < 4.78 is 0.426. The topological polar surface area (TPSA) is 74.6 Å². The third-order valence-electron chi connectivity index (χ3n) is 2.54. The average molecular weight is 223 g/mol. The SMILES string of the molecule is O=C(c1ccc(=O)n(O)c1)N1CCNCC1.